The van der Waals surface area contributed by atoms with Gasteiger partial charge >= 0.3 is 0 Å². The predicted molar refractivity (Wildman–Crippen MR) is 60.7 cm³/mol. The van der Waals surface area contributed by atoms with Gasteiger partial charge in [0.15, 0.2) is 11.6 Å². The lowest BCUT2D eigenvalue weighted by Crippen LogP contribution is -2.40. The molecule has 14 heavy (non-hydrogen) atoms. The van der Waals surface area contributed by atoms with Crippen LogP contribution >= 0.6 is 0 Å². The molecule has 0 aliphatic heterocycles. The van der Waals surface area contributed by atoms with Crippen molar-refractivity contribution >= 4 is 13.3 Å². The van der Waals surface area contributed by atoms with Gasteiger partial charge in [0, 0.05) is 0 Å². The second kappa shape index (κ2) is 3.73. The lowest BCUT2D eigenvalue weighted by molar-refractivity contribution is 0.387. The van der Waals surface area contributed by atoms with E-state index in [2.05, 4.69) is 19.6 Å². The minimum absolute atomic E-state index is 0.183. The second-order valence-corrected chi connectivity index (χ2v) is 9.62. The molecule has 0 radical (unpaired) electrons. The highest BCUT2D eigenvalue weighted by molar-refractivity contribution is 6.88. The van der Waals surface area contributed by atoms with Gasteiger partial charge in [-0.1, -0.05) is 25.7 Å². The molecule has 0 unspecified atom stereocenters. The highest BCUT2D eigenvalue weighted by atomic mass is 28.3. The Morgan fingerprint density at radius 1 is 1.21 bits per heavy atom. The molecule has 0 saturated carbocycles. The standard InChI is InChI=1S/C11H17FOSi/c1-8-6-9(13-2)11(12)10(7-8)14(3,4)5/h6-7H,1-5H3. The Balaban J connectivity index is 3.37. The van der Waals surface area contributed by atoms with Crippen LogP contribution in [0.4, 0.5) is 4.39 Å². The molecule has 78 valence electrons. The molecular formula is C11H17FOSi. The third kappa shape index (κ3) is 2.15. The Hall–Kier alpha value is -0.833. The van der Waals surface area contributed by atoms with Crippen molar-refractivity contribution in [1.82, 2.24) is 0 Å². The maximum Gasteiger partial charge on any atom is 0.164 e. The zero-order chi connectivity index (χ0) is 10.9. The SMILES string of the molecule is COc1cc(C)cc([Si](C)(C)C)c1F. The third-order valence-electron chi connectivity index (χ3n) is 2.21. The highest BCUT2D eigenvalue weighted by Crippen LogP contribution is 2.19. The number of ether oxygens (including phenoxy) is 1. The largest absolute Gasteiger partial charge is 0.494 e. The molecule has 1 rings (SSSR count). The smallest absolute Gasteiger partial charge is 0.164 e. The molecule has 0 heterocycles. The van der Waals surface area contributed by atoms with Crippen molar-refractivity contribution in [2.24, 2.45) is 0 Å². The molecule has 0 aliphatic carbocycles. The van der Waals surface area contributed by atoms with Crippen molar-refractivity contribution < 1.29 is 9.13 Å². The van der Waals surface area contributed by atoms with Crippen molar-refractivity contribution in [3.05, 3.63) is 23.5 Å². The number of benzene rings is 1. The summed E-state index contributed by atoms with van der Waals surface area (Å²) in [6, 6.07) is 3.67. The molecule has 0 N–H and O–H groups in total. The molecule has 0 fully saturated rings. The molecular weight excluding hydrogens is 195 g/mol. The van der Waals surface area contributed by atoms with E-state index in [9.17, 15) is 4.39 Å². The van der Waals surface area contributed by atoms with Gasteiger partial charge in [0.25, 0.3) is 0 Å². The summed E-state index contributed by atoms with van der Waals surface area (Å²) < 4.78 is 18.9. The van der Waals surface area contributed by atoms with Crippen LogP contribution in [0, 0.1) is 12.7 Å². The highest BCUT2D eigenvalue weighted by Gasteiger charge is 2.23. The van der Waals surface area contributed by atoms with Gasteiger partial charge in [-0.15, -0.1) is 0 Å². The van der Waals surface area contributed by atoms with Gasteiger partial charge in [0.1, 0.15) is 0 Å². The fourth-order valence-electron chi connectivity index (χ4n) is 1.43. The number of rotatable bonds is 2. The van der Waals surface area contributed by atoms with Gasteiger partial charge in [-0.25, -0.2) is 4.39 Å². The number of hydrogen-bond acceptors (Lipinski definition) is 1. The van der Waals surface area contributed by atoms with Crippen LogP contribution in [0.2, 0.25) is 19.6 Å². The number of halogens is 1. The number of methoxy groups -OCH3 is 1. The van der Waals surface area contributed by atoms with Crippen LogP contribution in [0.25, 0.3) is 0 Å². The van der Waals surface area contributed by atoms with E-state index in [4.69, 9.17) is 4.74 Å². The van der Waals surface area contributed by atoms with Crippen LogP contribution in [0.5, 0.6) is 5.75 Å². The van der Waals surface area contributed by atoms with Crippen LogP contribution in [-0.2, 0) is 0 Å². The molecule has 3 heteroatoms. The first kappa shape index (κ1) is 11.2. The van der Waals surface area contributed by atoms with Crippen LogP contribution in [-0.4, -0.2) is 15.2 Å². The quantitative estimate of drug-likeness (QED) is 0.685. The Morgan fingerprint density at radius 3 is 2.21 bits per heavy atom. The maximum absolute atomic E-state index is 13.9. The zero-order valence-electron chi connectivity index (χ0n) is 9.44. The molecule has 0 amide bonds. The Kier molecular flexibility index (Phi) is 3.00. The Labute approximate surface area is 85.9 Å². The van der Waals surface area contributed by atoms with E-state index >= 15 is 0 Å². The van der Waals surface area contributed by atoms with Crippen LogP contribution in [0.15, 0.2) is 12.1 Å². The van der Waals surface area contributed by atoms with E-state index in [1.807, 2.05) is 13.0 Å². The van der Waals surface area contributed by atoms with Gasteiger partial charge in [-0.3, -0.25) is 0 Å². The minimum Gasteiger partial charge on any atom is -0.494 e. The molecule has 0 aromatic heterocycles. The average Bonchev–Trinajstić information content (AvgIpc) is 2.06. The number of aryl methyl sites for hydroxylation is 1. The fourth-order valence-corrected chi connectivity index (χ4v) is 2.87. The van der Waals surface area contributed by atoms with Crippen molar-refractivity contribution in [3.8, 4) is 5.75 Å². The van der Waals surface area contributed by atoms with Gasteiger partial charge in [-0.05, 0) is 23.7 Å². The van der Waals surface area contributed by atoms with E-state index in [1.54, 1.807) is 6.07 Å². The molecule has 0 aliphatic rings. The third-order valence-corrected chi connectivity index (χ3v) is 4.19. The van der Waals surface area contributed by atoms with E-state index < -0.39 is 8.07 Å². The maximum atomic E-state index is 13.9. The molecule has 1 nitrogen and oxygen atoms in total. The van der Waals surface area contributed by atoms with Crippen LogP contribution in [0.1, 0.15) is 5.56 Å². The lowest BCUT2D eigenvalue weighted by atomic mass is 10.2. The summed E-state index contributed by atoms with van der Waals surface area (Å²) in [7, 11) is -0.106. The van der Waals surface area contributed by atoms with Crippen molar-refractivity contribution in [1.29, 1.82) is 0 Å². The van der Waals surface area contributed by atoms with Crippen LogP contribution in [0.3, 0.4) is 0 Å². The normalized spacial score (nSPS) is 11.6. The molecule has 0 bridgehead atoms. The number of hydrogen-bond donors (Lipinski definition) is 0. The Morgan fingerprint density at radius 2 is 1.79 bits per heavy atom. The molecule has 0 atom stereocenters. The van der Waals surface area contributed by atoms with Gasteiger partial charge in [-0.2, -0.15) is 0 Å². The van der Waals surface area contributed by atoms with E-state index in [0.29, 0.717) is 5.75 Å². The fraction of sp³-hybridized carbons (Fsp3) is 0.455. The summed E-state index contributed by atoms with van der Waals surface area (Å²) in [5, 5.41) is 0.842. The summed E-state index contributed by atoms with van der Waals surface area (Å²) in [6.45, 7) is 8.35. The van der Waals surface area contributed by atoms with Gasteiger partial charge < -0.3 is 4.74 Å². The summed E-state index contributed by atoms with van der Waals surface area (Å²) in [5.41, 5.74) is 1.06. The average molecular weight is 212 g/mol. The molecule has 0 saturated heterocycles. The van der Waals surface area contributed by atoms with E-state index in [1.165, 1.54) is 7.11 Å². The first-order valence-corrected chi connectivity index (χ1v) is 8.21. The van der Waals surface area contributed by atoms with Crippen molar-refractivity contribution in [3.63, 3.8) is 0 Å². The molecule has 1 aromatic carbocycles. The van der Waals surface area contributed by atoms with E-state index in [0.717, 1.165) is 10.8 Å². The summed E-state index contributed by atoms with van der Waals surface area (Å²) in [6.07, 6.45) is 0. The first-order chi connectivity index (χ1) is 6.36. The van der Waals surface area contributed by atoms with Crippen LogP contribution < -0.4 is 9.92 Å². The molecule has 1 aromatic rings. The van der Waals surface area contributed by atoms with E-state index in [-0.39, 0.29) is 5.82 Å². The van der Waals surface area contributed by atoms with Gasteiger partial charge in [0.05, 0.1) is 15.2 Å². The summed E-state index contributed by atoms with van der Waals surface area (Å²) in [5.74, 6) is 0.180. The lowest BCUT2D eigenvalue weighted by Gasteiger charge is -2.19. The van der Waals surface area contributed by atoms with Gasteiger partial charge in [0.2, 0.25) is 0 Å². The predicted octanol–water partition coefficient (Wildman–Crippen LogP) is 2.69. The first-order valence-electron chi connectivity index (χ1n) is 4.71. The second-order valence-electron chi connectivity index (χ2n) is 4.58. The zero-order valence-corrected chi connectivity index (χ0v) is 10.4. The summed E-state index contributed by atoms with van der Waals surface area (Å²) in [4.78, 5) is 0. The monoisotopic (exact) mass is 212 g/mol. The summed E-state index contributed by atoms with van der Waals surface area (Å²) >= 11 is 0. The van der Waals surface area contributed by atoms with Crippen molar-refractivity contribution in [2.75, 3.05) is 7.11 Å². The Bertz CT molecular complexity index is 342. The topological polar surface area (TPSA) is 9.23 Å². The van der Waals surface area contributed by atoms with Crippen molar-refractivity contribution in [2.45, 2.75) is 26.6 Å². The molecule has 0 spiro atoms. The minimum atomic E-state index is -1.61.